The summed E-state index contributed by atoms with van der Waals surface area (Å²) >= 11 is 0. The van der Waals surface area contributed by atoms with Crippen molar-refractivity contribution in [2.75, 3.05) is 13.2 Å². The Balaban J connectivity index is 0.773. The number of unbranched alkanes of at least 4 members (excludes halogenated alkanes) is 1. The highest BCUT2D eigenvalue weighted by atomic mass is 16.6. The third-order valence-corrected chi connectivity index (χ3v) is 24.1. The molecule has 1 aromatic rings. The Hall–Kier alpha value is -4.67. The number of aromatic nitrogens is 2. The molecule has 10 rings (SSSR count). The number of aryl methyl sites for hydroxylation is 1. The van der Waals surface area contributed by atoms with E-state index in [9.17, 15) is 48.9 Å². The van der Waals surface area contributed by atoms with Gasteiger partial charge in [-0.2, -0.15) is 0 Å². The van der Waals surface area contributed by atoms with Gasteiger partial charge < -0.3 is 38.8 Å². The van der Waals surface area contributed by atoms with Crippen molar-refractivity contribution in [3.8, 4) is 0 Å². The fourth-order valence-electron chi connectivity index (χ4n) is 19.8. The van der Waals surface area contributed by atoms with E-state index >= 15 is 0 Å². The number of fused-ring (bicyclic) bond motifs is 12. The summed E-state index contributed by atoms with van der Waals surface area (Å²) in [6, 6.07) is 1.34. The number of esters is 4. The first-order valence-corrected chi connectivity index (χ1v) is 30.2. The second kappa shape index (κ2) is 20.0. The summed E-state index contributed by atoms with van der Waals surface area (Å²) in [4.78, 5) is 94.1. The fraction of sp³-hybridized carbons (Fsp3) is 0.766. The van der Waals surface area contributed by atoms with Gasteiger partial charge in [-0.05, 0) is 135 Å². The van der Waals surface area contributed by atoms with Gasteiger partial charge in [0, 0.05) is 81.1 Å². The normalized spacial score (nSPS) is 41.6. The highest BCUT2D eigenvalue weighted by molar-refractivity contribution is 6.05. The Morgan fingerprint density at radius 1 is 0.812 bits per heavy atom. The molecule has 6 saturated carbocycles. The third-order valence-electron chi connectivity index (χ3n) is 24.1. The molecule has 0 aliphatic heterocycles. The number of aliphatic hydroxyl groups is 3. The van der Waals surface area contributed by atoms with E-state index in [2.05, 4.69) is 40.7 Å². The lowest BCUT2D eigenvalue weighted by atomic mass is 9.34. The molecule has 1 aromatic heterocycles. The van der Waals surface area contributed by atoms with Crippen LogP contribution in [0.5, 0.6) is 0 Å². The number of nitrogens with zero attached hydrogens (tertiary/aromatic N) is 2. The van der Waals surface area contributed by atoms with Crippen LogP contribution in [-0.2, 0) is 56.0 Å². The molecule has 1 heterocycles. The molecule has 440 valence electrons. The van der Waals surface area contributed by atoms with Crippen molar-refractivity contribution in [2.24, 2.45) is 73.9 Å². The number of Topliss-reactive ketones (excluding diaryl/α,β-unsaturated/α-hetero) is 1. The minimum atomic E-state index is -2.08. The molecule has 16 atom stereocenters. The number of rotatable bonds is 14. The lowest BCUT2D eigenvalue weighted by molar-refractivity contribution is -0.228. The Kier molecular flexibility index (Phi) is 14.6. The number of hydrogen-bond donors (Lipinski definition) is 3. The summed E-state index contributed by atoms with van der Waals surface area (Å²) in [5.74, 6) is -5.00. The maximum absolute atomic E-state index is 14.6. The smallest absolute Gasteiger partial charge is 0.330 e. The molecule has 9 aliphatic carbocycles. The number of aliphatic hydroxyl groups excluding tert-OH is 1. The first kappa shape index (κ1) is 58.5. The maximum Gasteiger partial charge on any atom is 0.330 e. The van der Waals surface area contributed by atoms with E-state index in [4.69, 9.17) is 18.9 Å². The van der Waals surface area contributed by atoms with Crippen molar-refractivity contribution in [3.63, 3.8) is 0 Å². The molecule has 0 aromatic carbocycles. The van der Waals surface area contributed by atoms with Crippen LogP contribution in [0.25, 0.3) is 0 Å². The Labute approximate surface area is 471 Å². The van der Waals surface area contributed by atoms with Crippen molar-refractivity contribution < 1.29 is 58.2 Å². The van der Waals surface area contributed by atoms with Crippen LogP contribution >= 0.6 is 0 Å². The molecular weight excluding hydrogens is 1020 g/mol. The minimum Gasteiger partial charge on any atom is -0.465 e. The third kappa shape index (κ3) is 8.43. The second-order valence-electron chi connectivity index (χ2n) is 28.4. The zero-order valence-corrected chi connectivity index (χ0v) is 49.5. The monoisotopic (exact) mass is 1110 g/mol. The van der Waals surface area contributed by atoms with Crippen LogP contribution in [0.15, 0.2) is 56.8 Å². The van der Waals surface area contributed by atoms with Crippen LogP contribution in [0.3, 0.4) is 0 Å². The first-order valence-electron chi connectivity index (χ1n) is 30.2. The highest BCUT2D eigenvalue weighted by Gasteiger charge is 2.88. The average molecular weight is 1110 g/mol. The van der Waals surface area contributed by atoms with Crippen LogP contribution in [0.4, 0.5) is 0 Å². The van der Waals surface area contributed by atoms with Crippen molar-refractivity contribution in [1.82, 2.24) is 9.13 Å². The molecule has 0 saturated heterocycles. The summed E-state index contributed by atoms with van der Waals surface area (Å²) in [6.07, 6.45) is 17.1. The van der Waals surface area contributed by atoms with Gasteiger partial charge >= 0.3 is 29.6 Å². The minimum absolute atomic E-state index is 0.0371. The number of hydrogen-bond acceptors (Lipinski definition) is 14. The van der Waals surface area contributed by atoms with E-state index in [1.165, 1.54) is 36.3 Å². The molecule has 3 N–H and O–H groups in total. The SMILES string of the molecule is CC(=O)OCC1=C[C@H]2[C@@H]3C(C)(C)[C@]3(OC(C)=O)[C@H](OC(=O)CCCCn3ccc(=O)n(CCCOC(=O)[C@]45CCCC[C@H]4C4=CC[C@@H]6[C@@]7(C)CC[C@H](O)C(C)(C)[C@@H]7CC[C@@]6(C)[C@]4(C)CC5)c3=O)[C@@H](C)[C@]2(O)[C@@H]2C=C(C)C(=O)[C@@]2(O)C1. The highest BCUT2D eigenvalue weighted by Crippen LogP contribution is 2.78. The number of allylic oxidation sites excluding steroid dienone is 2. The van der Waals surface area contributed by atoms with Gasteiger partial charge in [0.15, 0.2) is 11.4 Å². The van der Waals surface area contributed by atoms with Crippen LogP contribution in [0, 0.1) is 73.9 Å². The van der Waals surface area contributed by atoms with Gasteiger partial charge in [-0.15, -0.1) is 0 Å². The fourth-order valence-corrected chi connectivity index (χ4v) is 19.8. The topological polar surface area (TPSA) is 227 Å². The van der Waals surface area contributed by atoms with Crippen molar-refractivity contribution in [3.05, 3.63) is 68.0 Å². The zero-order valence-electron chi connectivity index (χ0n) is 49.5. The zero-order chi connectivity index (χ0) is 58.1. The molecular formula is C64H90N2O14. The summed E-state index contributed by atoms with van der Waals surface area (Å²) in [5.41, 5.74) is -5.57. The maximum atomic E-state index is 14.6. The van der Waals surface area contributed by atoms with Crippen LogP contribution < -0.4 is 11.2 Å². The quantitative estimate of drug-likeness (QED) is 0.0690. The Morgan fingerprint density at radius 3 is 2.26 bits per heavy atom. The van der Waals surface area contributed by atoms with Gasteiger partial charge in [0.1, 0.15) is 18.3 Å². The van der Waals surface area contributed by atoms with Crippen LogP contribution in [-0.4, -0.2) is 96.3 Å². The average Bonchev–Trinajstić information content (AvgIpc) is 3.90. The van der Waals surface area contributed by atoms with E-state index in [-0.39, 0.29) is 97.2 Å². The summed E-state index contributed by atoms with van der Waals surface area (Å²) < 4.78 is 26.6. The van der Waals surface area contributed by atoms with Gasteiger partial charge in [-0.3, -0.25) is 33.3 Å². The van der Waals surface area contributed by atoms with Crippen molar-refractivity contribution in [1.29, 1.82) is 0 Å². The molecule has 16 heteroatoms. The first-order chi connectivity index (χ1) is 37.4. The molecule has 9 aliphatic rings. The van der Waals surface area contributed by atoms with Gasteiger partial charge in [-0.1, -0.05) is 92.0 Å². The Morgan fingerprint density at radius 2 is 1.55 bits per heavy atom. The molecule has 0 spiro atoms. The summed E-state index contributed by atoms with van der Waals surface area (Å²) in [6.45, 7) is 21.7. The summed E-state index contributed by atoms with van der Waals surface area (Å²) in [7, 11) is 0. The van der Waals surface area contributed by atoms with Crippen molar-refractivity contribution in [2.45, 2.75) is 221 Å². The molecule has 16 nitrogen and oxygen atoms in total. The van der Waals surface area contributed by atoms with Gasteiger partial charge in [0.2, 0.25) is 0 Å². The predicted molar refractivity (Wildman–Crippen MR) is 296 cm³/mol. The van der Waals surface area contributed by atoms with E-state index in [0.29, 0.717) is 23.8 Å². The van der Waals surface area contributed by atoms with E-state index < -0.39 is 92.3 Å². The Bertz CT molecular complexity index is 2950. The second-order valence-corrected chi connectivity index (χ2v) is 28.4. The molecule has 80 heavy (non-hydrogen) atoms. The molecule has 0 unspecified atom stereocenters. The van der Waals surface area contributed by atoms with E-state index in [0.717, 1.165) is 75.2 Å². The molecule has 0 amide bonds. The lowest BCUT2D eigenvalue weighted by Crippen LogP contribution is -2.66. The summed E-state index contributed by atoms with van der Waals surface area (Å²) in [5, 5.41) is 36.6. The number of carbonyl (C=O) groups excluding carboxylic acids is 5. The standard InChI is InChI=1S/C64H90N2O14/c1-37-33-47-62(75,52(37)72)35-41(36-78-39(3)67)34-44-51-57(7,8)64(51,80-40(4)68)53(38(2)63(44,47)76)79-50(71)18-13-15-29-65-31-23-49(70)66(55(65)74)30-16-32-77-54(73)61-24-14-12-17-43(61)42-19-20-46-58(9)25-22-48(69)56(5,6)45(58)21-26-60(46,11)59(42,10)27-28-61/h19,23,31,33-34,38,43-48,51,53,69,75-76H,12-18,20-22,24-30,32,35-36H2,1-11H3/t38-,43+,44+,45+,46-,47-,48+,51-,53-,58+,59-,60-,61+,62-,63-,64-/m1/s1. The van der Waals surface area contributed by atoms with Crippen LogP contribution in [0.1, 0.15) is 179 Å². The number of ketones is 1. The molecule has 0 radical (unpaired) electrons. The van der Waals surface area contributed by atoms with E-state index in [1.807, 2.05) is 13.8 Å². The largest absolute Gasteiger partial charge is 0.465 e. The van der Waals surface area contributed by atoms with E-state index in [1.54, 1.807) is 26.0 Å². The number of ether oxygens (including phenoxy) is 4. The number of carbonyl (C=O) groups is 5. The lowest BCUT2D eigenvalue weighted by Gasteiger charge is -2.70. The van der Waals surface area contributed by atoms with Crippen molar-refractivity contribution >= 4 is 29.7 Å². The van der Waals surface area contributed by atoms with Gasteiger partial charge in [0.25, 0.3) is 5.56 Å². The van der Waals surface area contributed by atoms with Gasteiger partial charge in [-0.25, -0.2) is 4.79 Å². The van der Waals surface area contributed by atoms with Crippen LogP contribution in [0.2, 0.25) is 0 Å². The molecule has 0 bridgehead atoms. The predicted octanol–water partition coefficient (Wildman–Crippen LogP) is 8.28. The van der Waals surface area contributed by atoms with Gasteiger partial charge in [0.05, 0.1) is 23.7 Å². The molecule has 6 fully saturated rings.